The van der Waals surface area contributed by atoms with Crippen LogP contribution in [0.15, 0.2) is 54.6 Å². The van der Waals surface area contributed by atoms with Crippen LogP contribution in [0.5, 0.6) is 0 Å². The van der Waals surface area contributed by atoms with Crippen LogP contribution in [0.1, 0.15) is 12.5 Å². The van der Waals surface area contributed by atoms with Crippen LogP contribution in [0, 0.1) is 6.92 Å². The van der Waals surface area contributed by atoms with Crippen molar-refractivity contribution in [3.8, 4) is 0 Å². The maximum Gasteiger partial charge on any atom is 0.243 e. The van der Waals surface area contributed by atoms with Gasteiger partial charge in [-0.3, -0.25) is 9.10 Å². The van der Waals surface area contributed by atoms with E-state index >= 15 is 0 Å². The molecule has 0 radical (unpaired) electrons. The Labute approximate surface area is 161 Å². The lowest BCUT2D eigenvalue weighted by Gasteiger charge is -2.29. The number of amides is 1. The number of para-hydroxylation sites is 1. The monoisotopic (exact) mass is 389 g/mol. The van der Waals surface area contributed by atoms with Gasteiger partial charge in [0.2, 0.25) is 15.9 Å². The summed E-state index contributed by atoms with van der Waals surface area (Å²) in [5.41, 5.74) is 2.47. The Balaban J connectivity index is 2.03. The van der Waals surface area contributed by atoms with Gasteiger partial charge in [0.1, 0.15) is 6.04 Å². The third-order valence-electron chi connectivity index (χ3n) is 4.29. The van der Waals surface area contributed by atoms with Crippen molar-refractivity contribution in [2.24, 2.45) is 0 Å². The molecule has 0 bridgehead atoms. The number of benzene rings is 2. The molecular weight excluding hydrogens is 362 g/mol. The lowest BCUT2D eigenvalue weighted by molar-refractivity contribution is -0.121. The molecule has 0 aliphatic carbocycles. The number of sulfonamides is 1. The van der Waals surface area contributed by atoms with Crippen LogP contribution >= 0.6 is 0 Å². The Morgan fingerprint density at radius 1 is 1.07 bits per heavy atom. The predicted molar refractivity (Wildman–Crippen MR) is 111 cm³/mol. The maximum absolute atomic E-state index is 12.6. The van der Waals surface area contributed by atoms with E-state index in [1.165, 1.54) is 0 Å². The molecule has 0 fully saturated rings. The molecule has 0 aliphatic heterocycles. The minimum absolute atomic E-state index is 0.330. The molecule has 2 aromatic rings. The molecule has 0 unspecified atom stereocenters. The van der Waals surface area contributed by atoms with E-state index in [-0.39, 0.29) is 5.91 Å². The molecule has 1 atom stereocenters. The molecule has 6 nitrogen and oxygen atoms in total. The van der Waals surface area contributed by atoms with Gasteiger partial charge in [0, 0.05) is 25.8 Å². The molecule has 146 valence electrons. The van der Waals surface area contributed by atoms with Gasteiger partial charge in [-0.1, -0.05) is 30.3 Å². The van der Waals surface area contributed by atoms with E-state index in [2.05, 4.69) is 5.32 Å². The largest absolute Gasteiger partial charge is 0.373 e. The molecule has 0 spiro atoms. The van der Waals surface area contributed by atoms with Crippen LogP contribution in [0.4, 0.5) is 11.4 Å². The number of nitrogens with one attached hydrogen (secondary N) is 1. The molecule has 2 aromatic carbocycles. The van der Waals surface area contributed by atoms with Gasteiger partial charge in [0.05, 0.1) is 11.9 Å². The van der Waals surface area contributed by atoms with Crippen LogP contribution in [-0.4, -0.2) is 46.8 Å². The van der Waals surface area contributed by atoms with E-state index in [0.717, 1.165) is 21.8 Å². The summed E-state index contributed by atoms with van der Waals surface area (Å²) >= 11 is 0. The van der Waals surface area contributed by atoms with Crippen LogP contribution in [0.3, 0.4) is 0 Å². The fourth-order valence-electron chi connectivity index (χ4n) is 2.88. The summed E-state index contributed by atoms with van der Waals surface area (Å²) in [7, 11) is -1.66. The summed E-state index contributed by atoms with van der Waals surface area (Å²) in [4.78, 5) is 14.6. The maximum atomic E-state index is 12.6. The molecule has 2 rings (SSSR count). The summed E-state index contributed by atoms with van der Waals surface area (Å²) in [6.07, 6.45) is 1.11. The zero-order valence-corrected chi connectivity index (χ0v) is 17.0. The first kappa shape index (κ1) is 20.8. The van der Waals surface area contributed by atoms with E-state index in [0.29, 0.717) is 18.8 Å². The zero-order valence-electron chi connectivity index (χ0n) is 16.2. The summed E-state index contributed by atoms with van der Waals surface area (Å²) in [5.74, 6) is -0.330. The smallest absolute Gasteiger partial charge is 0.243 e. The van der Waals surface area contributed by atoms with Crippen molar-refractivity contribution in [2.75, 3.05) is 35.6 Å². The third-order valence-corrected chi connectivity index (χ3v) is 5.53. The molecule has 0 aromatic heterocycles. The second-order valence-electron chi connectivity index (χ2n) is 6.62. The number of rotatable bonds is 8. The highest BCUT2D eigenvalue weighted by atomic mass is 32.2. The Kier molecular flexibility index (Phi) is 6.85. The van der Waals surface area contributed by atoms with Gasteiger partial charge < -0.3 is 10.2 Å². The van der Waals surface area contributed by atoms with Gasteiger partial charge >= 0.3 is 0 Å². The van der Waals surface area contributed by atoms with Crippen molar-refractivity contribution in [3.63, 3.8) is 0 Å². The van der Waals surface area contributed by atoms with Crippen molar-refractivity contribution in [1.29, 1.82) is 0 Å². The van der Waals surface area contributed by atoms with Gasteiger partial charge in [0.15, 0.2) is 0 Å². The minimum atomic E-state index is -3.60. The van der Waals surface area contributed by atoms with Gasteiger partial charge in [-0.05, 0) is 43.7 Å². The highest BCUT2D eigenvalue weighted by Gasteiger charge is 2.28. The van der Waals surface area contributed by atoms with Crippen molar-refractivity contribution in [2.45, 2.75) is 19.9 Å². The number of hydrogen-bond acceptors (Lipinski definition) is 4. The van der Waals surface area contributed by atoms with E-state index in [1.54, 1.807) is 25.1 Å². The van der Waals surface area contributed by atoms with Crippen molar-refractivity contribution in [1.82, 2.24) is 5.32 Å². The zero-order chi connectivity index (χ0) is 20.0. The van der Waals surface area contributed by atoms with Crippen LogP contribution in [0.2, 0.25) is 0 Å². The van der Waals surface area contributed by atoms with Crippen LogP contribution in [-0.2, 0) is 14.8 Å². The first-order chi connectivity index (χ1) is 12.7. The second kappa shape index (κ2) is 8.90. The van der Waals surface area contributed by atoms with Gasteiger partial charge in [-0.2, -0.15) is 0 Å². The predicted octanol–water partition coefficient (Wildman–Crippen LogP) is 2.40. The molecular formula is C20H27N3O3S. The minimum Gasteiger partial charge on any atom is -0.373 e. The summed E-state index contributed by atoms with van der Waals surface area (Å²) in [6.45, 7) is 4.51. The molecule has 0 saturated carbocycles. The number of hydrogen-bond donors (Lipinski definition) is 1. The average Bonchev–Trinajstić information content (AvgIpc) is 2.61. The quantitative estimate of drug-likeness (QED) is 0.753. The van der Waals surface area contributed by atoms with E-state index in [1.807, 2.05) is 55.3 Å². The fraction of sp³-hybridized carbons (Fsp3) is 0.350. The Morgan fingerprint density at radius 2 is 1.70 bits per heavy atom. The molecule has 0 heterocycles. The molecule has 27 heavy (non-hydrogen) atoms. The number of nitrogens with zero attached hydrogens (tertiary/aromatic N) is 2. The lowest BCUT2D eigenvalue weighted by atomic mass is 10.2. The summed E-state index contributed by atoms with van der Waals surface area (Å²) in [6, 6.07) is 16.1. The first-order valence-corrected chi connectivity index (χ1v) is 10.6. The van der Waals surface area contributed by atoms with Gasteiger partial charge in [-0.15, -0.1) is 0 Å². The normalized spacial score (nSPS) is 12.3. The topological polar surface area (TPSA) is 69.7 Å². The number of anilines is 2. The third kappa shape index (κ3) is 5.72. The molecule has 0 saturated heterocycles. The Bertz CT molecular complexity index is 869. The van der Waals surface area contributed by atoms with Crippen LogP contribution in [0.25, 0.3) is 0 Å². The molecule has 1 amide bonds. The summed E-state index contributed by atoms with van der Waals surface area (Å²) < 4.78 is 25.8. The SMILES string of the molecule is Cc1cccc(N([C@H](C)C(=O)NCCN(C)c2ccccc2)S(C)(=O)=O)c1. The summed E-state index contributed by atoms with van der Waals surface area (Å²) in [5, 5.41) is 2.83. The van der Waals surface area contributed by atoms with Crippen molar-refractivity contribution >= 4 is 27.3 Å². The Hall–Kier alpha value is -2.54. The molecule has 0 aliphatic rings. The highest BCUT2D eigenvalue weighted by Crippen LogP contribution is 2.21. The second-order valence-corrected chi connectivity index (χ2v) is 8.48. The lowest BCUT2D eigenvalue weighted by Crippen LogP contribution is -2.49. The standard InChI is InChI=1S/C20H27N3O3S/c1-16-9-8-12-19(15-16)23(27(4,25)26)17(2)20(24)21-13-14-22(3)18-10-6-5-7-11-18/h5-12,15,17H,13-14H2,1-4H3,(H,21,24)/t17-/m1/s1. The van der Waals surface area contributed by atoms with E-state index < -0.39 is 16.1 Å². The van der Waals surface area contributed by atoms with Gasteiger partial charge in [0.25, 0.3) is 0 Å². The number of carbonyl (C=O) groups is 1. The average molecular weight is 390 g/mol. The van der Waals surface area contributed by atoms with Crippen molar-refractivity contribution in [3.05, 3.63) is 60.2 Å². The Morgan fingerprint density at radius 3 is 2.30 bits per heavy atom. The molecule has 7 heteroatoms. The van der Waals surface area contributed by atoms with Gasteiger partial charge in [-0.25, -0.2) is 8.42 Å². The van der Waals surface area contributed by atoms with E-state index in [4.69, 9.17) is 0 Å². The number of aryl methyl sites for hydroxylation is 1. The highest BCUT2D eigenvalue weighted by molar-refractivity contribution is 7.92. The van der Waals surface area contributed by atoms with E-state index in [9.17, 15) is 13.2 Å². The molecule has 1 N–H and O–H groups in total. The number of likely N-dealkylation sites (N-methyl/N-ethyl adjacent to an activating group) is 1. The number of carbonyl (C=O) groups excluding carboxylic acids is 1. The first-order valence-electron chi connectivity index (χ1n) is 8.80. The van der Waals surface area contributed by atoms with Crippen molar-refractivity contribution < 1.29 is 13.2 Å². The van der Waals surface area contributed by atoms with Crippen LogP contribution < -0.4 is 14.5 Å². The fourth-order valence-corrected chi connectivity index (χ4v) is 4.05.